The monoisotopic (exact) mass is 338 g/mol. The number of nitrogens with one attached hydrogen (secondary N) is 3. The summed E-state index contributed by atoms with van der Waals surface area (Å²) in [4.78, 5) is 7.50. The number of benzene rings is 2. The van der Waals surface area contributed by atoms with E-state index in [1.165, 1.54) is 17.0 Å². The van der Waals surface area contributed by atoms with Crippen LogP contribution >= 0.6 is 0 Å². The van der Waals surface area contributed by atoms with Crippen LogP contribution in [0.4, 0.5) is 4.39 Å². The number of nitrogens with zero attached hydrogens (tertiary/aromatic N) is 1. The smallest absolute Gasteiger partial charge is 0.190 e. The van der Waals surface area contributed by atoms with Crippen LogP contribution in [0.1, 0.15) is 11.1 Å². The number of rotatable bonds is 6. The van der Waals surface area contributed by atoms with E-state index in [1.807, 2.05) is 18.2 Å². The number of aliphatic imine (C=N–C) groups is 1. The molecule has 25 heavy (non-hydrogen) atoms. The Bertz CT molecular complexity index is 854. The SMILES string of the molecule is CN=C(NCCc1ccccc1F)NCCc1c[nH]c2ccccc12. The molecule has 0 amide bonds. The van der Waals surface area contributed by atoms with Gasteiger partial charge < -0.3 is 15.6 Å². The second kappa shape index (κ2) is 8.33. The minimum Gasteiger partial charge on any atom is -0.361 e. The van der Waals surface area contributed by atoms with Crippen molar-refractivity contribution in [3.05, 3.63) is 71.7 Å². The number of halogens is 1. The number of hydrogen-bond donors (Lipinski definition) is 3. The molecule has 130 valence electrons. The van der Waals surface area contributed by atoms with Gasteiger partial charge in [0.2, 0.25) is 0 Å². The summed E-state index contributed by atoms with van der Waals surface area (Å²) >= 11 is 0. The van der Waals surface area contributed by atoms with Crippen molar-refractivity contribution in [3.8, 4) is 0 Å². The van der Waals surface area contributed by atoms with Gasteiger partial charge in [-0.25, -0.2) is 4.39 Å². The highest BCUT2D eigenvalue weighted by molar-refractivity contribution is 5.83. The molecule has 3 rings (SSSR count). The van der Waals surface area contributed by atoms with Crippen molar-refractivity contribution < 1.29 is 4.39 Å². The van der Waals surface area contributed by atoms with E-state index >= 15 is 0 Å². The highest BCUT2D eigenvalue weighted by Crippen LogP contribution is 2.17. The maximum atomic E-state index is 13.6. The van der Waals surface area contributed by atoms with Crippen molar-refractivity contribution in [1.29, 1.82) is 0 Å². The molecule has 0 saturated carbocycles. The lowest BCUT2D eigenvalue weighted by atomic mass is 10.1. The van der Waals surface area contributed by atoms with Gasteiger partial charge in [0.15, 0.2) is 5.96 Å². The van der Waals surface area contributed by atoms with E-state index in [-0.39, 0.29) is 5.82 Å². The van der Waals surface area contributed by atoms with Crippen molar-refractivity contribution >= 4 is 16.9 Å². The maximum Gasteiger partial charge on any atom is 0.190 e. The average molecular weight is 338 g/mol. The van der Waals surface area contributed by atoms with Gasteiger partial charge in [-0.3, -0.25) is 4.99 Å². The number of guanidine groups is 1. The van der Waals surface area contributed by atoms with Crippen LogP contribution in [0.15, 0.2) is 59.7 Å². The predicted octanol–water partition coefficient (Wildman–Crippen LogP) is 3.26. The van der Waals surface area contributed by atoms with Gasteiger partial charge in [-0.05, 0) is 36.1 Å². The molecule has 0 bridgehead atoms. The van der Waals surface area contributed by atoms with E-state index in [0.29, 0.717) is 18.5 Å². The lowest BCUT2D eigenvalue weighted by Crippen LogP contribution is -2.39. The van der Waals surface area contributed by atoms with Gasteiger partial charge in [0.05, 0.1) is 0 Å². The third-order valence-electron chi connectivity index (χ3n) is 4.23. The van der Waals surface area contributed by atoms with Gasteiger partial charge in [-0.2, -0.15) is 0 Å². The molecule has 0 atom stereocenters. The van der Waals surface area contributed by atoms with Crippen molar-refractivity contribution in [2.24, 2.45) is 4.99 Å². The van der Waals surface area contributed by atoms with Crippen LogP contribution in [0.3, 0.4) is 0 Å². The number of hydrogen-bond acceptors (Lipinski definition) is 1. The Morgan fingerprint density at radius 1 is 0.960 bits per heavy atom. The highest BCUT2D eigenvalue weighted by atomic mass is 19.1. The molecule has 4 nitrogen and oxygen atoms in total. The Hall–Kier alpha value is -2.82. The molecule has 0 spiro atoms. The van der Waals surface area contributed by atoms with Crippen LogP contribution in [-0.4, -0.2) is 31.1 Å². The number of para-hydroxylation sites is 1. The van der Waals surface area contributed by atoms with Crippen LogP contribution < -0.4 is 10.6 Å². The molecular formula is C20H23FN4. The normalized spacial score (nSPS) is 11.7. The Morgan fingerprint density at radius 3 is 2.40 bits per heavy atom. The Kier molecular flexibility index (Phi) is 5.67. The molecule has 0 unspecified atom stereocenters. The van der Waals surface area contributed by atoms with Crippen molar-refractivity contribution in [2.45, 2.75) is 12.8 Å². The first-order valence-corrected chi connectivity index (χ1v) is 8.51. The standard InChI is InChI=1S/C20H23FN4/c1-22-20(23-12-10-15-6-2-4-8-18(15)21)24-13-11-16-14-25-19-9-5-3-7-17(16)19/h2-9,14,25H,10-13H2,1H3,(H2,22,23,24). The summed E-state index contributed by atoms with van der Waals surface area (Å²) in [5.41, 5.74) is 3.15. The molecule has 1 heterocycles. The first kappa shape index (κ1) is 17.0. The molecule has 0 fully saturated rings. The number of aromatic amines is 1. The zero-order chi connectivity index (χ0) is 17.5. The minimum atomic E-state index is -0.161. The molecule has 0 aliphatic carbocycles. The lowest BCUT2D eigenvalue weighted by Gasteiger charge is -2.12. The van der Waals surface area contributed by atoms with Gasteiger partial charge in [0, 0.05) is 37.2 Å². The van der Waals surface area contributed by atoms with Crippen LogP contribution in [-0.2, 0) is 12.8 Å². The average Bonchev–Trinajstić information content (AvgIpc) is 3.05. The van der Waals surface area contributed by atoms with Crippen molar-refractivity contribution in [2.75, 3.05) is 20.1 Å². The summed E-state index contributed by atoms with van der Waals surface area (Å²) in [6.45, 7) is 1.41. The van der Waals surface area contributed by atoms with Gasteiger partial charge >= 0.3 is 0 Å². The fraction of sp³-hybridized carbons (Fsp3) is 0.250. The molecular weight excluding hydrogens is 315 g/mol. The van der Waals surface area contributed by atoms with Crippen LogP contribution in [0.5, 0.6) is 0 Å². The summed E-state index contributed by atoms with van der Waals surface area (Å²) in [6.07, 6.45) is 3.58. The predicted molar refractivity (Wildman–Crippen MR) is 101 cm³/mol. The van der Waals surface area contributed by atoms with Crippen LogP contribution in [0.2, 0.25) is 0 Å². The van der Waals surface area contributed by atoms with E-state index in [2.05, 4.69) is 45.0 Å². The van der Waals surface area contributed by atoms with Crippen molar-refractivity contribution in [3.63, 3.8) is 0 Å². The molecule has 0 radical (unpaired) electrons. The number of H-pyrrole nitrogens is 1. The Labute approximate surface area is 147 Å². The van der Waals surface area contributed by atoms with Gasteiger partial charge in [0.1, 0.15) is 5.82 Å². The first-order valence-electron chi connectivity index (χ1n) is 8.51. The van der Waals surface area contributed by atoms with Crippen LogP contribution in [0, 0.1) is 5.82 Å². The molecule has 0 aliphatic rings. The third-order valence-corrected chi connectivity index (χ3v) is 4.23. The number of fused-ring (bicyclic) bond motifs is 1. The van der Waals surface area contributed by atoms with E-state index in [0.717, 1.165) is 24.4 Å². The summed E-state index contributed by atoms with van der Waals surface area (Å²) in [5.74, 6) is 0.572. The van der Waals surface area contributed by atoms with Crippen molar-refractivity contribution in [1.82, 2.24) is 15.6 Å². The molecule has 2 aromatic carbocycles. The summed E-state index contributed by atoms with van der Waals surface area (Å²) in [7, 11) is 1.74. The molecule has 5 heteroatoms. The molecule has 3 N–H and O–H groups in total. The third kappa shape index (κ3) is 4.38. The second-order valence-electron chi connectivity index (χ2n) is 5.88. The van der Waals surface area contributed by atoms with E-state index in [4.69, 9.17) is 0 Å². The van der Waals surface area contributed by atoms with Crippen LogP contribution in [0.25, 0.3) is 10.9 Å². The topological polar surface area (TPSA) is 52.2 Å². The molecule has 0 aliphatic heterocycles. The summed E-state index contributed by atoms with van der Waals surface area (Å²) < 4.78 is 13.6. The Morgan fingerprint density at radius 2 is 1.64 bits per heavy atom. The van der Waals surface area contributed by atoms with E-state index in [1.54, 1.807) is 13.1 Å². The molecule has 3 aromatic rings. The quantitative estimate of drug-likeness (QED) is 0.477. The largest absolute Gasteiger partial charge is 0.361 e. The fourth-order valence-electron chi connectivity index (χ4n) is 2.89. The minimum absolute atomic E-state index is 0.161. The molecule has 0 saturated heterocycles. The maximum absolute atomic E-state index is 13.6. The number of aromatic nitrogens is 1. The Balaban J connectivity index is 1.46. The first-order chi connectivity index (χ1) is 12.3. The highest BCUT2D eigenvalue weighted by Gasteiger charge is 2.04. The second-order valence-corrected chi connectivity index (χ2v) is 5.88. The van der Waals surface area contributed by atoms with Gasteiger partial charge in [-0.15, -0.1) is 0 Å². The lowest BCUT2D eigenvalue weighted by molar-refractivity contribution is 0.606. The summed E-state index contributed by atoms with van der Waals surface area (Å²) in [5, 5.41) is 7.79. The molecule has 1 aromatic heterocycles. The van der Waals surface area contributed by atoms with Gasteiger partial charge in [0.25, 0.3) is 0 Å². The van der Waals surface area contributed by atoms with E-state index in [9.17, 15) is 4.39 Å². The van der Waals surface area contributed by atoms with E-state index < -0.39 is 0 Å². The zero-order valence-electron chi connectivity index (χ0n) is 14.3. The summed E-state index contributed by atoms with van der Waals surface area (Å²) in [6, 6.07) is 15.1. The van der Waals surface area contributed by atoms with Gasteiger partial charge in [-0.1, -0.05) is 36.4 Å². The zero-order valence-corrected chi connectivity index (χ0v) is 14.3. The fourth-order valence-corrected chi connectivity index (χ4v) is 2.89.